The number of carbonyl (C=O) groups is 1. The van der Waals surface area contributed by atoms with Crippen molar-refractivity contribution in [2.45, 2.75) is 6.92 Å². The van der Waals surface area contributed by atoms with Gasteiger partial charge in [-0.1, -0.05) is 18.2 Å². The van der Waals surface area contributed by atoms with E-state index in [9.17, 15) is 4.79 Å². The fraction of sp³-hybridized carbons (Fsp3) is 0.188. The van der Waals surface area contributed by atoms with Crippen LogP contribution in [0.25, 0.3) is 0 Å². The van der Waals surface area contributed by atoms with Crippen molar-refractivity contribution in [3.05, 3.63) is 54.3 Å². The maximum Gasteiger partial charge on any atom is 0.330 e. The van der Waals surface area contributed by atoms with Gasteiger partial charge in [-0.3, -0.25) is 0 Å². The number of esters is 1. The molecule has 0 saturated heterocycles. The van der Waals surface area contributed by atoms with E-state index in [4.69, 9.17) is 15.3 Å². The van der Waals surface area contributed by atoms with E-state index in [-0.39, 0.29) is 18.1 Å². The molecule has 1 aromatic rings. The molecule has 0 N–H and O–H groups in total. The Balaban J connectivity index is 2.56. The quantitative estimate of drug-likeness (QED) is 0.346. The average Bonchev–Trinajstić information content (AvgIpc) is 2.51. The maximum atomic E-state index is 11.8. The van der Waals surface area contributed by atoms with Crippen LogP contribution in [0.4, 0.5) is 0 Å². The molecule has 0 aromatic heterocycles. The molecule has 5 heteroatoms. The number of para-hydroxylation sites is 1. The van der Waals surface area contributed by atoms with E-state index in [2.05, 4.69) is 0 Å². The van der Waals surface area contributed by atoms with Crippen LogP contribution >= 0.6 is 0 Å². The van der Waals surface area contributed by atoms with Gasteiger partial charge in [0, 0.05) is 6.54 Å². The van der Waals surface area contributed by atoms with E-state index < -0.39 is 0 Å². The third kappa shape index (κ3) is 6.09. The van der Waals surface area contributed by atoms with E-state index in [0.717, 1.165) is 0 Å². The number of nitrogens with zero attached hydrogens (tertiary/aromatic N) is 3. The Bertz CT molecular complexity index is 591. The molecule has 0 bridgehead atoms. The maximum absolute atomic E-state index is 11.8. The molecule has 1 rings (SSSR count). The predicted molar refractivity (Wildman–Crippen MR) is 77.8 cm³/mol. The van der Waals surface area contributed by atoms with E-state index in [1.807, 2.05) is 13.0 Å². The average molecular weight is 281 g/mol. The van der Waals surface area contributed by atoms with Crippen LogP contribution < -0.4 is 4.74 Å². The first-order valence-corrected chi connectivity index (χ1v) is 6.38. The number of likely N-dealkylation sites (N-methyl/N-ethyl adjacent to an activating group) is 1. The van der Waals surface area contributed by atoms with Crippen molar-refractivity contribution in [2.24, 2.45) is 0 Å². The smallest absolute Gasteiger partial charge is 0.330 e. The Morgan fingerprint density at radius 1 is 1.29 bits per heavy atom. The molecular formula is C16H15N3O2. The molecular weight excluding hydrogens is 266 g/mol. The lowest BCUT2D eigenvalue weighted by Crippen LogP contribution is -2.27. The Kier molecular flexibility index (Phi) is 6.82. The van der Waals surface area contributed by atoms with E-state index in [1.54, 1.807) is 53.6 Å². The molecule has 0 aliphatic rings. The number of benzene rings is 1. The van der Waals surface area contributed by atoms with Gasteiger partial charge < -0.3 is 9.64 Å². The molecule has 5 nitrogen and oxygen atoms in total. The van der Waals surface area contributed by atoms with Crippen molar-refractivity contribution >= 4 is 5.97 Å². The second-order valence-electron chi connectivity index (χ2n) is 4.00. The van der Waals surface area contributed by atoms with Gasteiger partial charge in [0.15, 0.2) is 0 Å². The fourth-order valence-corrected chi connectivity index (χ4v) is 1.45. The van der Waals surface area contributed by atoms with Crippen LogP contribution in [0.1, 0.15) is 6.92 Å². The number of nitriles is 2. The highest BCUT2D eigenvalue weighted by molar-refractivity contribution is 5.74. The molecule has 0 saturated carbocycles. The molecule has 0 fully saturated rings. The lowest BCUT2D eigenvalue weighted by atomic mass is 10.3. The van der Waals surface area contributed by atoms with Crippen LogP contribution in [0.5, 0.6) is 5.75 Å². The summed E-state index contributed by atoms with van der Waals surface area (Å²) >= 11 is 0. The zero-order chi connectivity index (χ0) is 15.5. The third-order valence-corrected chi connectivity index (χ3v) is 2.51. The molecule has 0 aliphatic carbocycles. The Hall–Kier alpha value is -3.05. The van der Waals surface area contributed by atoms with Crippen LogP contribution in [0.2, 0.25) is 0 Å². The lowest BCUT2D eigenvalue weighted by molar-refractivity contribution is -0.135. The summed E-state index contributed by atoms with van der Waals surface area (Å²) in [7, 11) is 0. The molecule has 1 aromatic carbocycles. The number of hydrogen-bond acceptors (Lipinski definition) is 5. The van der Waals surface area contributed by atoms with Crippen molar-refractivity contribution < 1.29 is 9.53 Å². The van der Waals surface area contributed by atoms with Crippen molar-refractivity contribution in [3.63, 3.8) is 0 Å². The van der Waals surface area contributed by atoms with Crippen LogP contribution in [0.3, 0.4) is 0 Å². The largest absolute Gasteiger partial charge is 0.425 e. The number of ether oxygens (including phenoxy) is 1. The normalized spacial score (nSPS) is 9.48. The minimum atomic E-state index is -0.377. The lowest BCUT2D eigenvalue weighted by Gasteiger charge is -2.16. The van der Waals surface area contributed by atoms with Gasteiger partial charge in [0.05, 0.1) is 0 Å². The van der Waals surface area contributed by atoms with Crippen LogP contribution in [-0.2, 0) is 4.79 Å². The minimum absolute atomic E-state index is 0.00849. The van der Waals surface area contributed by atoms with Gasteiger partial charge in [0.25, 0.3) is 0 Å². The van der Waals surface area contributed by atoms with Crippen molar-refractivity contribution in [3.8, 4) is 17.9 Å². The fourth-order valence-electron chi connectivity index (χ4n) is 1.45. The number of hydrogen-bond donors (Lipinski definition) is 0. The first-order valence-electron chi connectivity index (χ1n) is 6.38. The van der Waals surface area contributed by atoms with Crippen molar-refractivity contribution in [1.82, 2.24) is 4.90 Å². The molecule has 0 aliphatic heterocycles. The molecule has 0 unspecified atom stereocenters. The number of carbonyl (C=O) groups excluding carboxylic acids is 1. The number of allylic oxidation sites excluding steroid dienone is 3. The molecule has 106 valence electrons. The van der Waals surface area contributed by atoms with E-state index in [0.29, 0.717) is 12.3 Å². The van der Waals surface area contributed by atoms with Gasteiger partial charge in [0.1, 0.15) is 30.0 Å². The summed E-state index contributed by atoms with van der Waals surface area (Å²) in [5.74, 6) is 0.121. The second kappa shape index (κ2) is 8.95. The standard InChI is InChI=1S/C16H15N3O2/c1-2-19(10-6-7-14(11-17)12-18)13-16(20)21-15-8-4-3-5-9-15/h3-10H,2,13H2,1H3. The monoisotopic (exact) mass is 281 g/mol. The summed E-state index contributed by atoms with van der Waals surface area (Å²) in [6.45, 7) is 2.58. The summed E-state index contributed by atoms with van der Waals surface area (Å²) in [6.07, 6.45) is 4.59. The Morgan fingerprint density at radius 3 is 2.52 bits per heavy atom. The van der Waals surface area contributed by atoms with Crippen molar-refractivity contribution in [1.29, 1.82) is 10.5 Å². The highest BCUT2D eigenvalue weighted by Gasteiger charge is 2.07. The SMILES string of the molecule is CCN(C=CC=C(C#N)C#N)CC(=O)Oc1ccccc1. The summed E-state index contributed by atoms with van der Waals surface area (Å²) in [5.41, 5.74) is 0.00849. The zero-order valence-corrected chi connectivity index (χ0v) is 11.7. The van der Waals surface area contributed by atoms with E-state index >= 15 is 0 Å². The first-order chi connectivity index (χ1) is 10.2. The molecule has 0 heterocycles. The zero-order valence-electron chi connectivity index (χ0n) is 11.7. The molecule has 0 atom stereocenters. The minimum Gasteiger partial charge on any atom is -0.425 e. The van der Waals surface area contributed by atoms with Gasteiger partial charge in [-0.15, -0.1) is 0 Å². The van der Waals surface area contributed by atoms with Gasteiger partial charge in [-0.05, 0) is 37.4 Å². The highest BCUT2D eigenvalue weighted by atomic mass is 16.5. The van der Waals surface area contributed by atoms with Crippen LogP contribution in [0.15, 0.2) is 54.3 Å². The molecule has 0 spiro atoms. The Labute approximate surface area is 124 Å². The van der Waals surface area contributed by atoms with Crippen LogP contribution in [0, 0.1) is 22.7 Å². The Morgan fingerprint density at radius 2 is 1.95 bits per heavy atom. The molecule has 0 radical (unpaired) electrons. The van der Waals surface area contributed by atoms with Gasteiger partial charge in [-0.2, -0.15) is 10.5 Å². The van der Waals surface area contributed by atoms with E-state index in [1.165, 1.54) is 6.08 Å². The van der Waals surface area contributed by atoms with Crippen LogP contribution in [-0.4, -0.2) is 24.0 Å². The topological polar surface area (TPSA) is 77.1 Å². The predicted octanol–water partition coefficient (Wildman–Crippen LogP) is 2.40. The first kappa shape index (κ1) is 16.0. The highest BCUT2D eigenvalue weighted by Crippen LogP contribution is 2.08. The molecule has 0 amide bonds. The van der Waals surface area contributed by atoms with Gasteiger partial charge in [-0.25, -0.2) is 4.79 Å². The second-order valence-corrected chi connectivity index (χ2v) is 4.00. The summed E-state index contributed by atoms with van der Waals surface area (Å²) in [6, 6.07) is 12.3. The summed E-state index contributed by atoms with van der Waals surface area (Å²) < 4.78 is 5.18. The number of rotatable bonds is 6. The van der Waals surface area contributed by atoms with Gasteiger partial charge in [0.2, 0.25) is 0 Å². The summed E-state index contributed by atoms with van der Waals surface area (Å²) in [5, 5.41) is 17.2. The van der Waals surface area contributed by atoms with Crippen molar-refractivity contribution in [2.75, 3.05) is 13.1 Å². The third-order valence-electron chi connectivity index (χ3n) is 2.51. The summed E-state index contributed by atoms with van der Waals surface area (Å²) in [4.78, 5) is 13.5. The molecule has 21 heavy (non-hydrogen) atoms. The van der Waals surface area contributed by atoms with Gasteiger partial charge >= 0.3 is 5.97 Å².